The van der Waals surface area contributed by atoms with Crippen molar-refractivity contribution in [1.29, 1.82) is 0 Å². The number of halogens is 2. The Kier molecular flexibility index (Phi) is 6.14. The normalized spacial score (nSPS) is 20.8. The first-order valence-corrected chi connectivity index (χ1v) is 9.71. The average molecular weight is 401 g/mol. The van der Waals surface area contributed by atoms with E-state index in [1.165, 1.54) is 10.4 Å². The number of hydrogen-bond donors (Lipinski definition) is 0. The molecule has 120 valence electrons. The molecule has 2 heterocycles. The van der Waals surface area contributed by atoms with Crippen LogP contribution in [0.15, 0.2) is 20.0 Å². The molecule has 2 rings (SSSR count). The zero-order valence-corrected chi connectivity index (χ0v) is 15.0. The van der Waals surface area contributed by atoms with Gasteiger partial charge in [0.15, 0.2) is 4.67 Å². The molecule has 0 bridgehead atoms. The first-order chi connectivity index (χ1) is 9.98. The highest BCUT2D eigenvalue weighted by atomic mass is 79.9. The summed E-state index contributed by atoms with van der Waals surface area (Å²) in [7, 11) is -3.59. The van der Waals surface area contributed by atoms with Gasteiger partial charge in [-0.05, 0) is 35.2 Å². The Morgan fingerprint density at radius 2 is 2.33 bits per heavy atom. The Hall–Kier alpha value is -0.0800. The van der Waals surface area contributed by atoms with Crippen LogP contribution in [0.3, 0.4) is 0 Å². The molecule has 1 unspecified atom stereocenters. The van der Waals surface area contributed by atoms with Crippen molar-refractivity contribution in [2.75, 3.05) is 19.7 Å². The molecule has 1 aromatic rings. The second-order valence-electron chi connectivity index (χ2n) is 4.98. The van der Waals surface area contributed by atoms with Crippen molar-refractivity contribution >= 4 is 37.6 Å². The lowest BCUT2D eigenvalue weighted by atomic mass is 10.1. The van der Waals surface area contributed by atoms with Gasteiger partial charge in [-0.15, -0.1) is 11.6 Å². The summed E-state index contributed by atoms with van der Waals surface area (Å²) in [6.07, 6.45) is 2.58. The molecule has 1 atom stereocenters. The van der Waals surface area contributed by atoms with Crippen LogP contribution < -0.4 is 0 Å². The van der Waals surface area contributed by atoms with Crippen molar-refractivity contribution in [1.82, 2.24) is 4.31 Å². The molecule has 1 aliphatic heterocycles. The Morgan fingerprint density at radius 3 is 2.95 bits per heavy atom. The van der Waals surface area contributed by atoms with E-state index in [0.717, 1.165) is 19.3 Å². The molecule has 0 saturated carbocycles. The summed E-state index contributed by atoms with van der Waals surface area (Å²) in [5, 5.41) is 0. The van der Waals surface area contributed by atoms with Crippen LogP contribution in [0, 0.1) is 0 Å². The quantitative estimate of drug-likeness (QED) is 0.687. The summed E-state index contributed by atoms with van der Waals surface area (Å²) in [5.74, 6) is 0.564. The lowest BCUT2D eigenvalue weighted by molar-refractivity contribution is 0.0193. The van der Waals surface area contributed by atoms with Crippen LogP contribution in [0.1, 0.15) is 31.9 Å². The highest BCUT2D eigenvalue weighted by molar-refractivity contribution is 9.10. The summed E-state index contributed by atoms with van der Waals surface area (Å²) in [4.78, 5) is 0.134. The number of ether oxygens (including phenoxy) is 1. The zero-order valence-electron chi connectivity index (χ0n) is 11.8. The molecule has 21 heavy (non-hydrogen) atoms. The van der Waals surface area contributed by atoms with Crippen LogP contribution in [0.4, 0.5) is 0 Å². The van der Waals surface area contributed by atoms with Gasteiger partial charge in [-0.2, -0.15) is 4.31 Å². The number of alkyl halides is 1. The van der Waals surface area contributed by atoms with Gasteiger partial charge in [0.25, 0.3) is 0 Å². The van der Waals surface area contributed by atoms with Crippen LogP contribution in [0.25, 0.3) is 0 Å². The second kappa shape index (κ2) is 7.46. The minimum atomic E-state index is -3.59. The minimum Gasteiger partial charge on any atom is -0.452 e. The van der Waals surface area contributed by atoms with Gasteiger partial charge in [-0.1, -0.05) is 6.92 Å². The maximum atomic E-state index is 12.7. The summed E-state index contributed by atoms with van der Waals surface area (Å²) in [5.41, 5.74) is 0. The summed E-state index contributed by atoms with van der Waals surface area (Å²) >= 11 is 8.84. The van der Waals surface area contributed by atoms with Gasteiger partial charge in [-0.25, -0.2) is 8.42 Å². The number of furan rings is 1. The largest absolute Gasteiger partial charge is 0.452 e. The van der Waals surface area contributed by atoms with Crippen molar-refractivity contribution in [3.63, 3.8) is 0 Å². The van der Waals surface area contributed by atoms with Crippen LogP contribution >= 0.6 is 27.5 Å². The topological polar surface area (TPSA) is 59.8 Å². The van der Waals surface area contributed by atoms with E-state index in [2.05, 4.69) is 15.9 Å². The third kappa shape index (κ3) is 4.01. The lowest BCUT2D eigenvalue weighted by Crippen LogP contribution is -2.43. The molecule has 1 aliphatic rings. The standard InChI is InChI=1S/C13H19BrClNO4S/c1-2-6-19-10-4-3-5-16(9-10)21(17,18)12-7-11(8-15)20-13(12)14/h7,10H,2-6,8-9H2,1H3. The van der Waals surface area contributed by atoms with Gasteiger partial charge in [-0.3, -0.25) is 0 Å². The number of hydrogen-bond acceptors (Lipinski definition) is 4. The number of sulfonamides is 1. The smallest absolute Gasteiger partial charge is 0.247 e. The first-order valence-electron chi connectivity index (χ1n) is 6.95. The number of nitrogens with zero attached hydrogens (tertiary/aromatic N) is 1. The molecule has 8 heteroatoms. The fourth-order valence-corrected chi connectivity index (χ4v) is 4.93. The molecule has 1 fully saturated rings. The molecular weight excluding hydrogens is 382 g/mol. The predicted octanol–water partition coefficient (Wildman–Crippen LogP) is 3.36. The first kappa shape index (κ1) is 17.3. The SMILES string of the molecule is CCCOC1CCCN(S(=O)(=O)c2cc(CCl)oc2Br)C1. The average Bonchev–Trinajstić information content (AvgIpc) is 2.87. The fraction of sp³-hybridized carbons (Fsp3) is 0.692. The maximum Gasteiger partial charge on any atom is 0.247 e. The molecule has 0 amide bonds. The Balaban J connectivity index is 2.16. The maximum absolute atomic E-state index is 12.7. The Morgan fingerprint density at radius 1 is 1.57 bits per heavy atom. The second-order valence-corrected chi connectivity index (χ2v) is 7.88. The summed E-state index contributed by atoms with van der Waals surface area (Å²) < 4.78 is 38.0. The van der Waals surface area contributed by atoms with E-state index in [0.29, 0.717) is 25.5 Å². The van der Waals surface area contributed by atoms with E-state index < -0.39 is 10.0 Å². The van der Waals surface area contributed by atoms with Gasteiger partial charge in [0.1, 0.15) is 10.7 Å². The third-order valence-electron chi connectivity index (χ3n) is 3.35. The lowest BCUT2D eigenvalue weighted by Gasteiger charge is -2.31. The van der Waals surface area contributed by atoms with E-state index in [-0.39, 0.29) is 21.5 Å². The van der Waals surface area contributed by atoms with Crippen molar-refractivity contribution in [2.24, 2.45) is 0 Å². The molecule has 0 radical (unpaired) electrons. The van der Waals surface area contributed by atoms with Crippen molar-refractivity contribution in [2.45, 2.75) is 43.1 Å². The van der Waals surface area contributed by atoms with Gasteiger partial charge in [0.2, 0.25) is 10.0 Å². The van der Waals surface area contributed by atoms with Gasteiger partial charge in [0, 0.05) is 25.8 Å². The Bertz CT molecular complexity index is 575. The van der Waals surface area contributed by atoms with E-state index in [1.807, 2.05) is 6.92 Å². The fourth-order valence-electron chi connectivity index (χ4n) is 2.32. The van der Waals surface area contributed by atoms with Crippen LogP contribution in [-0.4, -0.2) is 38.5 Å². The van der Waals surface area contributed by atoms with Crippen LogP contribution in [0.2, 0.25) is 0 Å². The summed E-state index contributed by atoms with van der Waals surface area (Å²) in [6, 6.07) is 1.48. The van der Waals surface area contributed by atoms with Gasteiger partial charge < -0.3 is 9.15 Å². The van der Waals surface area contributed by atoms with E-state index >= 15 is 0 Å². The highest BCUT2D eigenvalue weighted by Gasteiger charge is 2.33. The molecule has 0 aliphatic carbocycles. The van der Waals surface area contributed by atoms with E-state index in [4.69, 9.17) is 20.8 Å². The monoisotopic (exact) mass is 399 g/mol. The van der Waals surface area contributed by atoms with Crippen molar-refractivity contribution in [3.05, 3.63) is 16.5 Å². The predicted molar refractivity (Wildman–Crippen MR) is 84.0 cm³/mol. The minimum absolute atomic E-state index is 0.0355. The molecular formula is C13H19BrClNO4S. The molecule has 5 nitrogen and oxygen atoms in total. The van der Waals surface area contributed by atoms with Gasteiger partial charge >= 0.3 is 0 Å². The summed E-state index contributed by atoms with van der Waals surface area (Å²) in [6.45, 7) is 3.58. The molecule has 1 saturated heterocycles. The van der Waals surface area contributed by atoms with Crippen LogP contribution in [-0.2, 0) is 20.6 Å². The third-order valence-corrected chi connectivity index (χ3v) is 6.34. The highest BCUT2D eigenvalue weighted by Crippen LogP contribution is 2.31. The Labute approximate surface area is 138 Å². The molecule has 0 spiro atoms. The molecule has 1 aromatic heterocycles. The van der Waals surface area contributed by atoms with Crippen LogP contribution in [0.5, 0.6) is 0 Å². The van der Waals surface area contributed by atoms with Gasteiger partial charge in [0.05, 0.1) is 12.0 Å². The van der Waals surface area contributed by atoms with Crippen molar-refractivity contribution < 1.29 is 17.6 Å². The number of rotatable bonds is 6. The van der Waals surface area contributed by atoms with Crippen molar-refractivity contribution in [3.8, 4) is 0 Å². The molecule has 0 aromatic carbocycles. The zero-order chi connectivity index (χ0) is 15.5. The number of piperidine rings is 1. The van der Waals surface area contributed by atoms with E-state index in [9.17, 15) is 8.42 Å². The van der Waals surface area contributed by atoms with E-state index in [1.54, 1.807) is 0 Å². The molecule has 0 N–H and O–H groups in total.